The van der Waals surface area contributed by atoms with Gasteiger partial charge in [-0.25, -0.2) is 22.9 Å². The van der Waals surface area contributed by atoms with Crippen LogP contribution in [0, 0.1) is 0 Å². The third-order valence-corrected chi connectivity index (χ3v) is 12.6. The Bertz CT molecular complexity index is 1190. The summed E-state index contributed by atoms with van der Waals surface area (Å²) < 4.78 is 41.0. The first kappa shape index (κ1) is 31.0. The molecule has 1 aromatic carbocycles. The zero-order valence-electron chi connectivity index (χ0n) is 23.6. The van der Waals surface area contributed by atoms with Crippen LogP contribution in [-0.4, -0.2) is 69.2 Å². The van der Waals surface area contributed by atoms with Crippen LogP contribution in [0.15, 0.2) is 35.4 Å². The summed E-state index contributed by atoms with van der Waals surface area (Å²) in [6.07, 6.45) is 1.45. The van der Waals surface area contributed by atoms with E-state index in [-0.39, 0.29) is 22.4 Å². The molecule has 0 aliphatic heterocycles. The number of hydrogen-bond donors (Lipinski definition) is 2. The van der Waals surface area contributed by atoms with E-state index in [1.165, 1.54) is 17.2 Å². The Morgan fingerprint density at radius 1 is 1.14 bits per heavy atom. The summed E-state index contributed by atoms with van der Waals surface area (Å²) in [5, 5.41) is 10.8. The summed E-state index contributed by atoms with van der Waals surface area (Å²) in [5.74, 6) is -0.237. The van der Waals surface area contributed by atoms with Crippen LogP contribution >= 0.6 is 0 Å². The number of carbonyl (C=O) groups excluding carboxylic acids is 1. The number of rotatable bonds is 10. The van der Waals surface area contributed by atoms with Crippen LogP contribution in [0.3, 0.4) is 0 Å². The number of benzene rings is 1. The highest BCUT2D eigenvalue weighted by Gasteiger charge is 2.37. The molecule has 2 N–H and O–H groups in total. The SMILES string of the molecule is CC(CN(CCCO[Si](C)(C)C(C)(C)C)C(=O)OC(C)(C)C)NS(=O)(=O)c1cccc2c(O)nccc12. The number of aromatic nitrogens is 1. The van der Waals surface area contributed by atoms with Crippen molar-refractivity contribution in [2.75, 3.05) is 19.7 Å². The molecule has 0 saturated heterocycles. The fourth-order valence-electron chi connectivity index (χ4n) is 3.48. The van der Waals surface area contributed by atoms with E-state index in [4.69, 9.17) is 9.16 Å². The van der Waals surface area contributed by atoms with Crippen molar-refractivity contribution in [3.63, 3.8) is 0 Å². The molecule has 9 nitrogen and oxygen atoms in total. The first-order chi connectivity index (χ1) is 16.8. The highest BCUT2D eigenvalue weighted by molar-refractivity contribution is 7.89. The van der Waals surface area contributed by atoms with Crippen LogP contribution in [0.1, 0.15) is 54.9 Å². The Morgan fingerprint density at radius 2 is 1.78 bits per heavy atom. The number of sulfonamides is 1. The molecule has 1 unspecified atom stereocenters. The Hall–Kier alpha value is -2.21. The lowest BCUT2D eigenvalue weighted by Gasteiger charge is -2.36. The molecule has 1 heterocycles. The normalized spacial score (nSPS) is 14.0. The van der Waals surface area contributed by atoms with Crippen LogP contribution in [0.25, 0.3) is 10.8 Å². The maximum Gasteiger partial charge on any atom is 0.410 e. The molecule has 11 heteroatoms. The lowest BCUT2D eigenvalue weighted by Crippen LogP contribution is -2.46. The molecule has 1 aromatic heterocycles. The average molecular weight is 554 g/mol. The number of fused-ring (bicyclic) bond motifs is 1. The molecular weight excluding hydrogens is 510 g/mol. The van der Waals surface area contributed by atoms with E-state index in [2.05, 4.69) is 43.6 Å². The molecule has 0 saturated carbocycles. The van der Waals surface area contributed by atoms with E-state index < -0.39 is 36.1 Å². The zero-order chi connectivity index (χ0) is 28.2. The minimum Gasteiger partial charge on any atom is -0.493 e. The molecule has 0 aliphatic carbocycles. The van der Waals surface area contributed by atoms with Crippen molar-refractivity contribution in [1.82, 2.24) is 14.6 Å². The third-order valence-electron chi connectivity index (χ3n) is 6.38. The Labute approximate surface area is 222 Å². The molecule has 1 amide bonds. The minimum absolute atomic E-state index is 0.0288. The van der Waals surface area contributed by atoms with E-state index in [1.54, 1.807) is 45.9 Å². The third kappa shape index (κ3) is 8.66. The quantitative estimate of drug-likeness (QED) is 0.304. The van der Waals surface area contributed by atoms with Crippen LogP contribution in [0.4, 0.5) is 4.79 Å². The summed E-state index contributed by atoms with van der Waals surface area (Å²) in [6.45, 7) is 18.9. The van der Waals surface area contributed by atoms with Crippen molar-refractivity contribution >= 4 is 35.2 Å². The molecule has 0 aliphatic rings. The second-order valence-electron chi connectivity index (χ2n) is 11.9. The molecule has 0 bridgehead atoms. The van der Waals surface area contributed by atoms with Crippen LogP contribution in [0.2, 0.25) is 18.1 Å². The highest BCUT2D eigenvalue weighted by Crippen LogP contribution is 2.36. The number of aromatic hydroxyl groups is 1. The fourth-order valence-corrected chi connectivity index (χ4v) is 6.02. The maximum atomic E-state index is 13.2. The smallest absolute Gasteiger partial charge is 0.410 e. The van der Waals surface area contributed by atoms with Gasteiger partial charge in [-0.05, 0) is 70.4 Å². The highest BCUT2D eigenvalue weighted by atomic mass is 32.2. The molecule has 2 aromatic rings. The van der Waals surface area contributed by atoms with E-state index in [9.17, 15) is 18.3 Å². The molecule has 0 spiro atoms. The van der Waals surface area contributed by atoms with Gasteiger partial charge in [0.15, 0.2) is 8.32 Å². The average Bonchev–Trinajstić information content (AvgIpc) is 2.73. The van der Waals surface area contributed by atoms with Crippen molar-refractivity contribution < 1.29 is 27.5 Å². The molecule has 208 valence electrons. The van der Waals surface area contributed by atoms with Gasteiger partial charge < -0.3 is 19.2 Å². The fraction of sp³-hybridized carbons (Fsp3) is 0.615. The van der Waals surface area contributed by atoms with Gasteiger partial charge in [0.05, 0.1) is 4.90 Å². The standard InChI is InChI=1S/C26H43N3O6SSi/c1-19(28-36(32,33)22-13-10-12-21-20(22)14-15-27-23(21)30)18-29(24(31)35-25(2,3)4)16-11-17-34-37(8,9)26(5,6)7/h10,12-15,19,28H,11,16-18H2,1-9H3,(H,27,30). The number of hydrogen-bond acceptors (Lipinski definition) is 7. The molecule has 37 heavy (non-hydrogen) atoms. The number of nitrogens with zero attached hydrogens (tertiary/aromatic N) is 2. The van der Waals surface area contributed by atoms with Gasteiger partial charge in [0.1, 0.15) is 5.60 Å². The number of amides is 1. The van der Waals surface area contributed by atoms with Crippen LogP contribution in [0.5, 0.6) is 5.88 Å². The van der Waals surface area contributed by atoms with Crippen molar-refractivity contribution in [3.8, 4) is 5.88 Å². The Kier molecular flexibility index (Phi) is 9.78. The monoisotopic (exact) mass is 553 g/mol. The largest absolute Gasteiger partial charge is 0.493 e. The van der Waals surface area contributed by atoms with Gasteiger partial charge >= 0.3 is 6.09 Å². The molecule has 0 fully saturated rings. The van der Waals surface area contributed by atoms with E-state index in [1.807, 2.05) is 0 Å². The Balaban J connectivity index is 2.15. The van der Waals surface area contributed by atoms with Gasteiger partial charge in [-0.3, -0.25) is 0 Å². The summed E-state index contributed by atoms with van der Waals surface area (Å²) in [7, 11) is -5.88. The minimum atomic E-state index is -3.96. The first-order valence-corrected chi connectivity index (χ1v) is 16.9. The number of ether oxygens (including phenoxy) is 1. The predicted octanol–water partition coefficient (Wildman–Crippen LogP) is 5.26. The lowest BCUT2D eigenvalue weighted by atomic mass is 10.2. The van der Waals surface area contributed by atoms with Gasteiger partial charge in [-0.15, -0.1) is 0 Å². The van der Waals surface area contributed by atoms with Crippen molar-refractivity contribution in [3.05, 3.63) is 30.5 Å². The van der Waals surface area contributed by atoms with Crippen LogP contribution in [-0.2, 0) is 19.2 Å². The summed E-state index contributed by atoms with van der Waals surface area (Å²) in [4.78, 5) is 18.3. The first-order valence-electron chi connectivity index (χ1n) is 12.5. The van der Waals surface area contributed by atoms with E-state index >= 15 is 0 Å². The summed E-state index contributed by atoms with van der Waals surface area (Å²) in [5.41, 5.74) is -0.686. The van der Waals surface area contributed by atoms with Crippen LogP contribution < -0.4 is 4.72 Å². The molecule has 1 atom stereocenters. The van der Waals surface area contributed by atoms with Gasteiger partial charge in [0.25, 0.3) is 0 Å². The summed E-state index contributed by atoms with van der Waals surface area (Å²) >= 11 is 0. The van der Waals surface area contributed by atoms with E-state index in [0.717, 1.165) is 0 Å². The molecular formula is C26H43N3O6SSi. The predicted molar refractivity (Wildman–Crippen MR) is 149 cm³/mol. The zero-order valence-corrected chi connectivity index (χ0v) is 25.4. The van der Waals surface area contributed by atoms with Gasteiger partial charge in [0, 0.05) is 42.7 Å². The van der Waals surface area contributed by atoms with Gasteiger partial charge in [0.2, 0.25) is 15.9 Å². The molecule has 0 radical (unpaired) electrons. The number of carbonyl (C=O) groups is 1. The van der Waals surface area contributed by atoms with Gasteiger partial charge in [-0.2, -0.15) is 0 Å². The second kappa shape index (κ2) is 11.7. The Morgan fingerprint density at radius 3 is 2.38 bits per heavy atom. The summed E-state index contributed by atoms with van der Waals surface area (Å²) in [6, 6.07) is 5.57. The topological polar surface area (TPSA) is 118 Å². The van der Waals surface area contributed by atoms with Crippen molar-refractivity contribution in [2.45, 2.75) is 89.6 Å². The van der Waals surface area contributed by atoms with Crippen molar-refractivity contribution in [2.24, 2.45) is 0 Å². The number of nitrogens with one attached hydrogen (secondary N) is 1. The van der Waals surface area contributed by atoms with Gasteiger partial charge in [-0.1, -0.05) is 26.8 Å². The maximum absolute atomic E-state index is 13.2. The van der Waals surface area contributed by atoms with Crippen molar-refractivity contribution in [1.29, 1.82) is 0 Å². The lowest BCUT2D eigenvalue weighted by molar-refractivity contribution is 0.0230. The van der Waals surface area contributed by atoms with E-state index in [0.29, 0.717) is 30.3 Å². The number of pyridine rings is 1. The second-order valence-corrected chi connectivity index (χ2v) is 18.4. The molecule has 2 rings (SSSR count).